The van der Waals surface area contributed by atoms with E-state index in [1.54, 1.807) is 0 Å². The van der Waals surface area contributed by atoms with Gasteiger partial charge in [0, 0.05) is 35.6 Å². The first-order valence-electron chi connectivity index (χ1n) is 11.1. The van der Waals surface area contributed by atoms with Crippen molar-refractivity contribution in [2.45, 2.75) is 46.6 Å². The molecule has 0 bridgehead atoms. The third-order valence-electron chi connectivity index (χ3n) is 7.20. The van der Waals surface area contributed by atoms with Crippen molar-refractivity contribution in [3.05, 3.63) is 59.7 Å². The molecule has 0 saturated heterocycles. The van der Waals surface area contributed by atoms with Crippen molar-refractivity contribution in [3.8, 4) is 22.3 Å². The summed E-state index contributed by atoms with van der Waals surface area (Å²) in [4.78, 5) is 4.95. The lowest BCUT2D eigenvalue weighted by Gasteiger charge is -2.14. The molecule has 2 aliphatic carbocycles. The topological polar surface area (TPSA) is 43.9 Å². The molecule has 3 aromatic heterocycles. The third-order valence-corrected chi connectivity index (χ3v) is 7.20. The standard InChI is InChI=1S/C26H27N3O/c1-15-4-6-19(7-5-15)23-14-29(13-18-8-20-10-21(20)9-18)24-11-22(12-27-26(23)24)25-16(2)28-30-17(25)3/h4-7,11-12,14,18,20-21H,8-10,13H2,1-3H3. The maximum absolute atomic E-state index is 5.42. The van der Waals surface area contributed by atoms with Gasteiger partial charge in [0.05, 0.1) is 16.7 Å². The van der Waals surface area contributed by atoms with Gasteiger partial charge in [-0.1, -0.05) is 35.0 Å². The summed E-state index contributed by atoms with van der Waals surface area (Å²) in [7, 11) is 0. The molecule has 30 heavy (non-hydrogen) atoms. The van der Waals surface area contributed by atoms with E-state index in [4.69, 9.17) is 9.51 Å². The summed E-state index contributed by atoms with van der Waals surface area (Å²) in [6.45, 7) is 7.19. The average Bonchev–Trinajstić information content (AvgIpc) is 3.04. The number of rotatable bonds is 4. The quantitative estimate of drug-likeness (QED) is 0.404. The van der Waals surface area contributed by atoms with Crippen LogP contribution in [0.25, 0.3) is 33.3 Å². The van der Waals surface area contributed by atoms with E-state index >= 15 is 0 Å². The summed E-state index contributed by atoms with van der Waals surface area (Å²) >= 11 is 0. The fourth-order valence-corrected chi connectivity index (χ4v) is 5.56. The highest BCUT2D eigenvalue weighted by Gasteiger charge is 2.45. The molecule has 2 aliphatic rings. The number of aromatic nitrogens is 3. The van der Waals surface area contributed by atoms with E-state index in [-0.39, 0.29) is 0 Å². The summed E-state index contributed by atoms with van der Waals surface area (Å²) in [6.07, 6.45) is 8.54. The number of aryl methyl sites for hydroxylation is 3. The first-order valence-corrected chi connectivity index (χ1v) is 11.1. The first-order chi connectivity index (χ1) is 14.6. The molecular weight excluding hydrogens is 370 g/mol. The predicted molar refractivity (Wildman–Crippen MR) is 119 cm³/mol. The number of benzene rings is 1. The predicted octanol–water partition coefficient (Wildman–Crippen LogP) is 6.33. The van der Waals surface area contributed by atoms with E-state index in [0.717, 1.165) is 52.4 Å². The van der Waals surface area contributed by atoms with E-state index in [1.807, 2.05) is 20.0 Å². The van der Waals surface area contributed by atoms with Gasteiger partial charge in [-0.15, -0.1) is 0 Å². The van der Waals surface area contributed by atoms with Crippen LogP contribution in [0, 0.1) is 38.5 Å². The molecule has 4 aromatic rings. The summed E-state index contributed by atoms with van der Waals surface area (Å²) < 4.78 is 7.87. The molecule has 0 amide bonds. The van der Waals surface area contributed by atoms with Crippen LogP contribution in [-0.4, -0.2) is 14.7 Å². The largest absolute Gasteiger partial charge is 0.361 e. The second-order valence-corrected chi connectivity index (χ2v) is 9.45. The summed E-state index contributed by atoms with van der Waals surface area (Å²) in [5.74, 6) is 3.65. The van der Waals surface area contributed by atoms with Gasteiger partial charge in [-0.3, -0.25) is 4.98 Å². The summed E-state index contributed by atoms with van der Waals surface area (Å²) in [5.41, 5.74) is 9.09. The van der Waals surface area contributed by atoms with E-state index in [9.17, 15) is 0 Å². The Bertz CT molecular complexity index is 1220. The van der Waals surface area contributed by atoms with Crippen molar-refractivity contribution < 1.29 is 4.52 Å². The SMILES string of the molecule is Cc1ccc(-c2cn(CC3CC4CC4C3)c3cc(-c4c(C)noc4C)cnc23)cc1. The minimum Gasteiger partial charge on any atom is -0.361 e. The molecule has 2 atom stereocenters. The van der Waals surface area contributed by atoms with Crippen molar-refractivity contribution >= 4 is 11.0 Å². The van der Waals surface area contributed by atoms with Gasteiger partial charge in [0.15, 0.2) is 0 Å². The van der Waals surface area contributed by atoms with Crippen LogP contribution < -0.4 is 0 Å². The fourth-order valence-electron chi connectivity index (χ4n) is 5.56. The molecular formula is C26H27N3O. The van der Waals surface area contributed by atoms with Crippen molar-refractivity contribution in [1.29, 1.82) is 0 Å². The number of fused-ring (bicyclic) bond motifs is 2. The van der Waals surface area contributed by atoms with Crippen molar-refractivity contribution in [3.63, 3.8) is 0 Å². The van der Waals surface area contributed by atoms with Crippen molar-refractivity contribution in [2.75, 3.05) is 0 Å². The Kier molecular flexibility index (Phi) is 3.92. The lowest BCUT2D eigenvalue weighted by atomic mass is 10.0. The lowest BCUT2D eigenvalue weighted by molar-refractivity contribution is 0.393. The van der Waals surface area contributed by atoms with E-state index in [1.165, 1.54) is 41.5 Å². The maximum Gasteiger partial charge on any atom is 0.141 e. The molecule has 0 spiro atoms. The monoisotopic (exact) mass is 397 g/mol. The molecule has 152 valence electrons. The average molecular weight is 398 g/mol. The van der Waals surface area contributed by atoms with Gasteiger partial charge in [0.1, 0.15) is 5.76 Å². The Hall–Kier alpha value is -2.88. The van der Waals surface area contributed by atoms with Gasteiger partial charge in [-0.25, -0.2) is 0 Å². The molecule has 2 saturated carbocycles. The second-order valence-electron chi connectivity index (χ2n) is 9.45. The molecule has 1 aromatic carbocycles. The molecule has 6 rings (SSSR count). The zero-order valence-corrected chi connectivity index (χ0v) is 17.9. The minimum atomic E-state index is 0.790. The van der Waals surface area contributed by atoms with Gasteiger partial charge < -0.3 is 9.09 Å². The highest BCUT2D eigenvalue weighted by atomic mass is 16.5. The van der Waals surface area contributed by atoms with Gasteiger partial charge >= 0.3 is 0 Å². The van der Waals surface area contributed by atoms with Crippen molar-refractivity contribution in [2.24, 2.45) is 17.8 Å². The summed E-state index contributed by atoms with van der Waals surface area (Å²) in [5, 5.41) is 4.14. The van der Waals surface area contributed by atoms with Gasteiger partial charge in [0.25, 0.3) is 0 Å². The highest BCUT2D eigenvalue weighted by Crippen LogP contribution is 2.54. The molecule has 4 heteroatoms. The molecule has 0 aliphatic heterocycles. The molecule has 3 heterocycles. The van der Waals surface area contributed by atoms with Crippen molar-refractivity contribution in [1.82, 2.24) is 14.7 Å². The first kappa shape index (κ1) is 17.9. The number of nitrogens with zero attached hydrogens (tertiary/aromatic N) is 3. The van der Waals surface area contributed by atoms with Gasteiger partial charge in [-0.05, 0) is 69.4 Å². The second kappa shape index (κ2) is 6.56. The number of pyridine rings is 1. The normalized spacial score (nSPS) is 22.6. The maximum atomic E-state index is 5.42. The van der Waals surface area contributed by atoms with E-state index < -0.39 is 0 Å². The zero-order chi connectivity index (χ0) is 20.4. The highest BCUT2D eigenvalue weighted by molar-refractivity contribution is 5.95. The Morgan fingerprint density at radius 2 is 1.77 bits per heavy atom. The van der Waals surface area contributed by atoms with Crippen LogP contribution in [0.1, 0.15) is 36.3 Å². The van der Waals surface area contributed by atoms with Gasteiger partial charge in [-0.2, -0.15) is 0 Å². The fraction of sp³-hybridized carbons (Fsp3) is 0.385. The van der Waals surface area contributed by atoms with E-state index in [0.29, 0.717) is 0 Å². The zero-order valence-electron chi connectivity index (χ0n) is 17.9. The van der Waals surface area contributed by atoms with Crippen LogP contribution >= 0.6 is 0 Å². The Labute approximate surface area is 176 Å². The molecule has 2 unspecified atom stereocenters. The Morgan fingerprint density at radius 1 is 1.00 bits per heavy atom. The van der Waals surface area contributed by atoms with Gasteiger partial charge in [0.2, 0.25) is 0 Å². The minimum absolute atomic E-state index is 0.790. The van der Waals surface area contributed by atoms with Crippen LogP contribution in [0.5, 0.6) is 0 Å². The Morgan fingerprint density at radius 3 is 2.47 bits per heavy atom. The number of hydrogen-bond donors (Lipinski definition) is 0. The van der Waals surface area contributed by atoms with Crippen LogP contribution in [0.15, 0.2) is 47.2 Å². The molecule has 0 N–H and O–H groups in total. The van der Waals surface area contributed by atoms with Crippen LogP contribution in [0.4, 0.5) is 0 Å². The van der Waals surface area contributed by atoms with Crippen LogP contribution in [-0.2, 0) is 6.54 Å². The van der Waals surface area contributed by atoms with Crippen LogP contribution in [0.3, 0.4) is 0 Å². The van der Waals surface area contributed by atoms with Crippen LogP contribution in [0.2, 0.25) is 0 Å². The van der Waals surface area contributed by atoms with E-state index in [2.05, 4.69) is 53.2 Å². The third kappa shape index (κ3) is 2.89. The molecule has 4 nitrogen and oxygen atoms in total. The summed E-state index contributed by atoms with van der Waals surface area (Å²) in [6, 6.07) is 11.1. The Balaban J connectivity index is 1.48. The molecule has 2 fully saturated rings. The molecule has 0 radical (unpaired) electrons. The lowest BCUT2D eigenvalue weighted by Crippen LogP contribution is -2.08. The number of hydrogen-bond acceptors (Lipinski definition) is 3. The smallest absolute Gasteiger partial charge is 0.141 e.